The summed E-state index contributed by atoms with van der Waals surface area (Å²) in [5.41, 5.74) is 3.95. The summed E-state index contributed by atoms with van der Waals surface area (Å²) in [5.74, 6) is 5.71. The van der Waals surface area contributed by atoms with Gasteiger partial charge in [-0.2, -0.15) is 5.10 Å². The Balaban J connectivity index is 1.74. The van der Waals surface area contributed by atoms with Crippen LogP contribution in [-0.4, -0.2) is 46.5 Å². The lowest BCUT2D eigenvalue weighted by atomic mass is 10.0. The van der Waals surface area contributed by atoms with Gasteiger partial charge in [-0.1, -0.05) is 0 Å². The Morgan fingerprint density at radius 2 is 2.50 bits per heavy atom. The van der Waals surface area contributed by atoms with Crippen LogP contribution in [0.5, 0.6) is 0 Å². The highest BCUT2D eigenvalue weighted by atomic mass is 16.5. The number of nitrogens with zero attached hydrogens (tertiary/aromatic N) is 3. The van der Waals surface area contributed by atoms with Crippen LogP contribution in [0.2, 0.25) is 0 Å². The van der Waals surface area contributed by atoms with Gasteiger partial charge in [0.05, 0.1) is 24.4 Å². The molecule has 0 radical (unpaired) electrons. The second-order valence-electron chi connectivity index (χ2n) is 5.19. The van der Waals surface area contributed by atoms with E-state index in [1.165, 1.54) is 19.4 Å². The van der Waals surface area contributed by atoms with Crippen molar-refractivity contribution < 1.29 is 4.74 Å². The second kappa shape index (κ2) is 4.97. The van der Waals surface area contributed by atoms with Crippen LogP contribution in [-0.2, 0) is 11.8 Å². The van der Waals surface area contributed by atoms with Gasteiger partial charge in [0.15, 0.2) is 0 Å². The maximum absolute atomic E-state index is 6.00. The molecule has 0 amide bonds. The SMILES string of the molecule is Cn1nccc1C(NN)C1CN2CCCC2CO1. The molecule has 2 saturated heterocycles. The summed E-state index contributed by atoms with van der Waals surface area (Å²) < 4.78 is 7.85. The number of hydrogen-bond donors (Lipinski definition) is 2. The molecule has 2 aliphatic heterocycles. The zero-order chi connectivity index (χ0) is 12.5. The van der Waals surface area contributed by atoms with Gasteiger partial charge in [-0.15, -0.1) is 0 Å². The summed E-state index contributed by atoms with van der Waals surface area (Å²) in [4.78, 5) is 2.52. The molecular formula is C12H21N5O. The van der Waals surface area contributed by atoms with Crippen LogP contribution in [0.25, 0.3) is 0 Å². The van der Waals surface area contributed by atoms with Crippen molar-refractivity contribution in [2.45, 2.75) is 31.0 Å². The molecule has 3 unspecified atom stereocenters. The first-order valence-electron chi connectivity index (χ1n) is 6.59. The maximum Gasteiger partial charge on any atom is 0.0925 e. The van der Waals surface area contributed by atoms with E-state index in [2.05, 4.69) is 15.4 Å². The van der Waals surface area contributed by atoms with E-state index in [0.29, 0.717) is 6.04 Å². The third-order valence-electron chi connectivity index (χ3n) is 4.15. The average Bonchev–Trinajstić information content (AvgIpc) is 2.99. The topological polar surface area (TPSA) is 68.3 Å². The lowest BCUT2D eigenvalue weighted by Gasteiger charge is -2.38. The van der Waals surface area contributed by atoms with Gasteiger partial charge in [0.2, 0.25) is 0 Å². The first kappa shape index (κ1) is 12.1. The number of aryl methyl sites for hydroxylation is 1. The number of nitrogens with one attached hydrogen (secondary N) is 1. The van der Waals surface area contributed by atoms with E-state index in [-0.39, 0.29) is 12.1 Å². The summed E-state index contributed by atoms with van der Waals surface area (Å²) in [6, 6.07) is 2.61. The van der Waals surface area contributed by atoms with Crippen LogP contribution in [0.1, 0.15) is 24.6 Å². The van der Waals surface area contributed by atoms with Crippen LogP contribution < -0.4 is 11.3 Å². The summed E-state index contributed by atoms with van der Waals surface area (Å²) in [5, 5.41) is 4.20. The normalized spacial score (nSPS) is 30.3. The van der Waals surface area contributed by atoms with Gasteiger partial charge in [-0.3, -0.25) is 15.4 Å². The Labute approximate surface area is 107 Å². The van der Waals surface area contributed by atoms with Crippen molar-refractivity contribution in [2.24, 2.45) is 12.9 Å². The lowest BCUT2D eigenvalue weighted by molar-refractivity contribution is -0.0664. The number of morpholine rings is 1. The standard InChI is InChI=1S/C12H21N5O/c1-16-10(4-5-14-16)12(15-13)11-7-17-6-2-3-9(17)8-18-11/h4-5,9,11-12,15H,2-3,6-8,13H2,1H3. The van der Waals surface area contributed by atoms with Crippen molar-refractivity contribution >= 4 is 0 Å². The van der Waals surface area contributed by atoms with Crippen molar-refractivity contribution in [3.05, 3.63) is 18.0 Å². The van der Waals surface area contributed by atoms with E-state index in [1.54, 1.807) is 6.20 Å². The summed E-state index contributed by atoms with van der Waals surface area (Å²) in [6.45, 7) is 2.96. The van der Waals surface area contributed by atoms with E-state index in [0.717, 1.165) is 18.8 Å². The fourth-order valence-electron chi connectivity index (χ4n) is 3.12. The monoisotopic (exact) mass is 251 g/mol. The minimum atomic E-state index is -0.000880. The van der Waals surface area contributed by atoms with Crippen LogP contribution in [0.15, 0.2) is 12.3 Å². The Bertz CT molecular complexity index is 407. The molecule has 0 aromatic carbocycles. The van der Waals surface area contributed by atoms with Gasteiger partial charge in [0.1, 0.15) is 0 Å². The second-order valence-corrected chi connectivity index (χ2v) is 5.19. The van der Waals surface area contributed by atoms with Gasteiger partial charge in [-0.25, -0.2) is 5.43 Å². The van der Waals surface area contributed by atoms with Gasteiger partial charge in [0, 0.05) is 25.8 Å². The minimum Gasteiger partial charge on any atom is -0.373 e. The number of fused-ring (bicyclic) bond motifs is 1. The Morgan fingerprint density at radius 1 is 1.61 bits per heavy atom. The summed E-state index contributed by atoms with van der Waals surface area (Å²) >= 11 is 0. The third-order valence-corrected chi connectivity index (χ3v) is 4.15. The smallest absolute Gasteiger partial charge is 0.0925 e. The molecule has 6 heteroatoms. The highest BCUT2D eigenvalue weighted by Crippen LogP contribution is 2.28. The fraction of sp³-hybridized carbons (Fsp3) is 0.750. The lowest BCUT2D eigenvalue weighted by Crippen LogP contribution is -2.52. The van der Waals surface area contributed by atoms with Gasteiger partial charge >= 0.3 is 0 Å². The molecule has 0 saturated carbocycles. The Morgan fingerprint density at radius 3 is 3.22 bits per heavy atom. The largest absolute Gasteiger partial charge is 0.373 e. The van der Waals surface area contributed by atoms with Gasteiger partial charge in [0.25, 0.3) is 0 Å². The van der Waals surface area contributed by atoms with E-state index in [4.69, 9.17) is 10.6 Å². The minimum absolute atomic E-state index is 0.000880. The Hall–Kier alpha value is -0.950. The first-order chi connectivity index (χ1) is 8.79. The molecule has 6 nitrogen and oxygen atoms in total. The predicted molar refractivity (Wildman–Crippen MR) is 67.6 cm³/mol. The molecule has 100 valence electrons. The molecule has 3 rings (SSSR count). The van der Waals surface area contributed by atoms with Crippen LogP contribution in [0.4, 0.5) is 0 Å². The quantitative estimate of drug-likeness (QED) is 0.574. The van der Waals surface area contributed by atoms with Gasteiger partial charge in [-0.05, 0) is 25.5 Å². The van der Waals surface area contributed by atoms with Crippen LogP contribution in [0, 0.1) is 0 Å². The first-order valence-corrected chi connectivity index (χ1v) is 6.59. The molecule has 0 aliphatic carbocycles. The molecule has 18 heavy (non-hydrogen) atoms. The zero-order valence-corrected chi connectivity index (χ0v) is 10.7. The zero-order valence-electron chi connectivity index (χ0n) is 10.7. The number of hydrazine groups is 1. The molecule has 1 aromatic heterocycles. The van der Waals surface area contributed by atoms with Crippen molar-refractivity contribution in [1.82, 2.24) is 20.1 Å². The molecule has 1 aromatic rings. The molecule has 2 aliphatic rings. The van der Waals surface area contributed by atoms with E-state index >= 15 is 0 Å². The van der Waals surface area contributed by atoms with Crippen molar-refractivity contribution in [1.29, 1.82) is 0 Å². The van der Waals surface area contributed by atoms with E-state index in [1.807, 2.05) is 17.8 Å². The molecular weight excluding hydrogens is 230 g/mol. The molecule has 3 heterocycles. The molecule has 0 bridgehead atoms. The van der Waals surface area contributed by atoms with Crippen LogP contribution in [0.3, 0.4) is 0 Å². The van der Waals surface area contributed by atoms with E-state index < -0.39 is 0 Å². The van der Waals surface area contributed by atoms with E-state index in [9.17, 15) is 0 Å². The molecule has 3 N–H and O–H groups in total. The summed E-state index contributed by atoms with van der Waals surface area (Å²) in [7, 11) is 1.93. The average molecular weight is 251 g/mol. The molecule has 0 spiro atoms. The highest BCUT2D eigenvalue weighted by molar-refractivity contribution is 5.09. The van der Waals surface area contributed by atoms with Crippen molar-refractivity contribution in [3.63, 3.8) is 0 Å². The van der Waals surface area contributed by atoms with Crippen molar-refractivity contribution in [2.75, 3.05) is 19.7 Å². The Kier molecular flexibility index (Phi) is 3.34. The number of hydrogen-bond acceptors (Lipinski definition) is 5. The number of ether oxygens (including phenoxy) is 1. The third kappa shape index (κ3) is 2.05. The van der Waals surface area contributed by atoms with Gasteiger partial charge < -0.3 is 4.74 Å². The maximum atomic E-state index is 6.00. The van der Waals surface area contributed by atoms with Crippen molar-refractivity contribution in [3.8, 4) is 0 Å². The number of rotatable bonds is 3. The molecule has 2 fully saturated rings. The highest BCUT2D eigenvalue weighted by Gasteiger charge is 2.36. The summed E-state index contributed by atoms with van der Waals surface area (Å²) in [6.07, 6.45) is 4.44. The predicted octanol–water partition coefficient (Wildman–Crippen LogP) is -0.212. The number of nitrogens with two attached hydrogens (primary N) is 1. The number of aromatic nitrogens is 2. The fourth-order valence-corrected chi connectivity index (χ4v) is 3.12. The van der Waals surface area contributed by atoms with Crippen LogP contribution >= 0.6 is 0 Å². The molecule has 3 atom stereocenters.